The Bertz CT molecular complexity index is 738. The minimum Gasteiger partial charge on any atom is -0.347 e. The summed E-state index contributed by atoms with van der Waals surface area (Å²) in [7, 11) is 0. The van der Waals surface area contributed by atoms with Crippen LogP contribution in [0.1, 0.15) is 34.3 Å². The second-order valence-corrected chi connectivity index (χ2v) is 7.32. The third-order valence-corrected chi connectivity index (χ3v) is 5.82. The molecule has 0 saturated carbocycles. The normalized spacial score (nSPS) is 27.9. The molecule has 2 atom stereocenters. The Morgan fingerprint density at radius 3 is 2.72 bits per heavy atom. The fourth-order valence-electron chi connectivity index (χ4n) is 4.44. The molecule has 1 aromatic heterocycles. The number of amides is 1. The molecule has 0 aliphatic carbocycles. The van der Waals surface area contributed by atoms with E-state index in [-0.39, 0.29) is 11.9 Å². The van der Waals surface area contributed by atoms with Gasteiger partial charge in [-0.3, -0.25) is 14.7 Å². The van der Waals surface area contributed by atoms with Crippen LogP contribution in [0, 0.1) is 12.8 Å². The smallest absolute Gasteiger partial charge is 0.251 e. The summed E-state index contributed by atoms with van der Waals surface area (Å²) in [4.78, 5) is 19.7. The van der Waals surface area contributed by atoms with Gasteiger partial charge in [-0.15, -0.1) is 0 Å². The zero-order valence-electron chi connectivity index (χ0n) is 14.7. The van der Waals surface area contributed by atoms with Gasteiger partial charge in [0.2, 0.25) is 0 Å². The number of pyridine rings is 1. The van der Waals surface area contributed by atoms with E-state index in [1.165, 1.54) is 18.4 Å². The molecule has 5 rings (SSSR count). The molecule has 3 aliphatic heterocycles. The minimum atomic E-state index is 0.0630. The molecule has 3 saturated heterocycles. The second kappa shape index (κ2) is 6.96. The first-order chi connectivity index (χ1) is 12.2. The van der Waals surface area contributed by atoms with Gasteiger partial charge in [-0.25, -0.2) is 0 Å². The summed E-state index contributed by atoms with van der Waals surface area (Å²) in [6.07, 6.45) is 7.07. The maximum absolute atomic E-state index is 12.9. The van der Waals surface area contributed by atoms with Crippen molar-refractivity contribution in [3.8, 4) is 0 Å². The molecule has 4 heterocycles. The van der Waals surface area contributed by atoms with Crippen LogP contribution in [0.4, 0.5) is 0 Å². The lowest BCUT2D eigenvalue weighted by atomic mass is 9.76. The van der Waals surface area contributed by atoms with E-state index in [1.54, 1.807) is 0 Å². The molecule has 4 heteroatoms. The largest absolute Gasteiger partial charge is 0.347 e. The number of nitrogens with zero attached hydrogens (tertiary/aromatic N) is 2. The highest BCUT2D eigenvalue weighted by Crippen LogP contribution is 2.34. The van der Waals surface area contributed by atoms with Gasteiger partial charge in [0, 0.05) is 30.0 Å². The van der Waals surface area contributed by atoms with Crippen molar-refractivity contribution in [2.24, 2.45) is 5.92 Å². The van der Waals surface area contributed by atoms with Crippen LogP contribution in [0.25, 0.3) is 0 Å². The van der Waals surface area contributed by atoms with E-state index in [2.05, 4.69) is 21.3 Å². The van der Waals surface area contributed by atoms with Crippen LogP contribution in [-0.2, 0) is 6.42 Å². The van der Waals surface area contributed by atoms with Crippen LogP contribution < -0.4 is 5.32 Å². The zero-order valence-corrected chi connectivity index (χ0v) is 14.7. The van der Waals surface area contributed by atoms with Crippen LogP contribution in [0.15, 0.2) is 48.8 Å². The van der Waals surface area contributed by atoms with Crippen LogP contribution >= 0.6 is 0 Å². The molecule has 1 amide bonds. The van der Waals surface area contributed by atoms with Gasteiger partial charge in [0.25, 0.3) is 5.91 Å². The summed E-state index contributed by atoms with van der Waals surface area (Å²) >= 11 is 0. The van der Waals surface area contributed by atoms with E-state index in [4.69, 9.17) is 0 Å². The first kappa shape index (κ1) is 16.3. The summed E-state index contributed by atoms with van der Waals surface area (Å²) in [5.41, 5.74) is 3.07. The molecule has 2 unspecified atom stereocenters. The molecule has 0 spiro atoms. The number of aromatic nitrogens is 1. The van der Waals surface area contributed by atoms with Gasteiger partial charge in [0.05, 0.1) is 0 Å². The Labute approximate surface area is 149 Å². The minimum absolute atomic E-state index is 0.0630. The van der Waals surface area contributed by atoms with Crippen molar-refractivity contribution in [3.63, 3.8) is 0 Å². The highest BCUT2D eigenvalue weighted by atomic mass is 16.1. The van der Waals surface area contributed by atoms with Crippen molar-refractivity contribution < 1.29 is 4.79 Å². The van der Waals surface area contributed by atoms with E-state index in [9.17, 15) is 4.79 Å². The SMILES string of the molecule is Cc1ccccc1C(=O)NC1C2CCN(CC2)C1Cc1cccnc1. The Hall–Kier alpha value is -2.20. The molecule has 1 aromatic carbocycles. The highest BCUT2D eigenvalue weighted by Gasteiger charge is 2.42. The van der Waals surface area contributed by atoms with E-state index in [0.29, 0.717) is 12.0 Å². The van der Waals surface area contributed by atoms with Crippen molar-refractivity contribution >= 4 is 5.91 Å². The Morgan fingerprint density at radius 2 is 2.00 bits per heavy atom. The number of rotatable bonds is 4. The fraction of sp³-hybridized carbons (Fsp3) is 0.429. The maximum Gasteiger partial charge on any atom is 0.251 e. The predicted octanol–water partition coefficient (Wildman–Crippen LogP) is 2.83. The molecule has 3 aliphatic rings. The molecule has 25 heavy (non-hydrogen) atoms. The lowest BCUT2D eigenvalue weighted by molar-refractivity contribution is 0.0136. The summed E-state index contributed by atoms with van der Waals surface area (Å²) in [5, 5.41) is 3.38. The number of carbonyl (C=O) groups is 1. The van der Waals surface area contributed by atoms with Crippen LogP contribution in [0.2, 0.25) is 0 Å². The Balaban J connectivity index is 1.55. The molecule has 3 fully saturated rings. The molecule has 130 valence electrons. The number of benzene rings is 1. The molecule has 0 radical (unpaired) electrons. The topological polar surface area (TPSA) is 45.2 Å². The molecule has 2 aromatic rings. The molecular weight excluding hydrogens is 310 g/mol. The molecule has 2 bridgehead atoms. The van der Waals surface area contributed by atoms with Crippen LogP contribution in [0.5, 0.6) is 0 Å². The molecule has 4 nitrogen and oxygen atoms in total. The first-order valence-electron chi connectivity index (χ1n) is 9.22. The van der Waals surface area contributed by atoms with Crippen molar-refractivity contribution in [1.82, 2.24) is 15.2 Å². The number of piperidine rings is 3. The van der Waals surface area contributed by atoms with E-state index < -0.39 is 0 Å². The van der Waals surface area contributed by atoms with Gasteiger partial charge in [-0.2, -0.15) is 0 Å². The van der Waals surface area contributed by atoms with E-state index in [1.807, 2.05) is 49.6 Å². The van der Waals surface area contributed by atoms with Crippen molar-refractivity contribution in [2.75, 3.05) is 13.1 Å². The fourth-order valence-corrected chi connectivity index (χ4v) is 4.44. The van der Waals surface area contributed by atoms with Crippen molar-refractivity contribution in [1.29, 1.82) is 0 Å². The summed E-state index contributed by atoms with van der Waals surface area (Å²) < 4.78 is 0. The van der Waals surface area contributed by atoms with Crippen molar-refractivity contribution in [2.45, 2.75) is 38.3 Å². The average Bonchev–Trinajstić information content (AvgIpc) is 2.65. The van der Waals surface area contributed by atoms with Gasteiger partial charge < -0.3 is 5.32 Å². The quantitative estimate of drug-likeness (QED) is 0.934. The second-order valence-electron chi connectivity index (χ2n) is 7.32. The monoisotopic (exact) mass is 335 g/mol. The lowest BCUT2D eigenvalue weighted by Gasteiger charge is -2.51. The zero-order chi connectivity index (χ0) is 17.2. The van der Waals surface area contributed by atoms with Gasteiger partial charge >= 0.3 is 0 Å². The van der Waals surface area contributed by atoms with Gasteiger partial charge in [-0.05, 0) is 68.5 Å². The van der Waals surface area contributed by atoms with Gasteiger partial charge in [-0.1, -0.05) is 24.3 Å². The Kier molecular flexibility index (Phi) is 4.53. The standard InChI is InChI=1S/C21H25N3O/c1-15-5-2-3-7-18(15)21(25)23-20-17-8-11-24(12-9-17)19(20)13-16-6-4-10-22-14-16/h2-7,10,14,17,19-20H,8-9,11-13H2,1H3,(H,23,25). The number of nitrogens with one attached hydrogen (secondary N) is 1. The third-order valence-electron chi connectivity index (χ3n) is 5.82. The number of carbonyl (C=O) groups excluding carboxylic acids is 1. The van der Waals surface area contributed by atoms with Gasteiger partial charge in [0.15, 0.2) is 0 Å². The third kappa shape index (κ3) is 3.31. The number of fused-ring (bicyclic) bond motifs is 3. The average molecular weight is 335 g/mol. The summed E-state index contributed by atoms with van der Waals surface area (Å²) in [6, 6.07) is 12.5. The molecular formula is C21H25N3O. The maximum atomic E-state index is 12.9. The first-order valence-corrected chi connectivity index (χ1v) is 9.22. The number of aryl methyl sites for hydroxylation is 1. The summed E-state index contributed by atoms with van der Waals surface area (Å²) in [5.74, 6) is 0.646. The highest BCUT2D eigenvalue weighted by molar-refractivity contribution is 5.95. The lowest BCUT2D eigenvalue weighted by Crippen LogP contribution is -2.64. The Morgan fingerprint density at radius 1 is 1.20 bits per heavy atom. The number of hydrogen-bond acceptors (Lipinski definition) is 3. The molecule has 1 N–H and O–H groups in total. The van der Waals surface area contributed by atoms with Crippen molar-refractivity contribution in [3.05, 3.63) is 65.5 Å². The number of hydrogen-bond donors (Lipinski definition) is 1. The van der Waals surface area contributed by atoms with Gasteiger partial charge in [0.1, 0.15) is 0 Å². The predicted molar refractivity (Wildman–Crippen MR) is 98.5 cm³/mol. The summed E-state index contributed by atoms with van der Waals surface area (Å²) in [6.45, 7) is 4.29. The van der Waals surface area contributed by atoms with Crippen LogP contribution in [-0.4, -0.2) is 41.0 Å². The van der Waals surface area contributed by atoms with E-state index in [0.717, 1.165) is 30.6 Å². The van der Waals surface area contributed by atoms with E-state index >= 15 is 0 Å². The van der Waals surface area contributed by atoms with Crippen LogP contribution in [0.3, 0.4) is 0 Å².